The number of nitrogens with two attached hydrogens (primary N) is 1. The van der Waals surface area contributed by atoms with Crippen molar-refractivity contribution in [3.05, 3.63) is 17.9 Å². The normalized spacial score (nSPS) is 13.8. The van der Waals surface area contributed by atoms with E-state index < -0.39 is 10.0 Å². The van der Waals surface area contributed by atoms with E-state index in [2.05, 4.69) is 4.72 Å². The van der Waals surface area contributed by atoms with Crippen LogP contribution in [0.4, 0.5) is 0 Å². The second-order valence-electron chi connectivity index (χ2n) is 3.73. The van der Waals surface area contributed by atoms with Crippen LogP contribution in [0.1, 0.15) is 19.1 Å². The van der Waals surface area contributed by atoms with Crippen molar-refractivity contribution in [2.45, 2.75) is 31.0 Å². The molecule has 1 aromatic rings. The Hall–Kier alpha value is -0.890. The average Bonchev–Trinajstić information content (AvgIpc) is 2.75. The molecule has 0 aliphatic carbocycles. The summed E-state index contributed by atoms with van der Waals surface area (Å²) in [5, 5.41) is -0.109. The molecule has 0 saturated carbocycles. The monoisotopic (exact) mass is 262 g/mol. The van der Waals surface area contributed by atoms with Crippen molar-refractivity contribution in [1.29, 1.82) is 0 Å². The molecule has 0 saturated heterocycles. The van der Waals surface area contributed by atoms with E-state index in [1.165, 1.54) is 6.07 Å². The zero-order valence-electron chi connectivity index (χ0n) is 9.97. The third-order valence-corrected chi connectivity index (χ3v) is 3.68. The number of hydrogen-bond donors (Lipinski definition) is 2. The molecule has 6 nitrogen and oxygen atoms in total. The van der Waals surface area contributed by atoms with Crippen molar-refractivity contribution in [3.8, 4) is 0 Å². The van der Waals surface area contributed by atoms with Gasteiger partial charge in [-0.25, -0.2) is 13.1 Å². The standard InChI is InChI=1S/C10H18N2O4S/c1-8(5-6-15-2)12-17(13,14)10-4-3-9(7-11)16-10/h3-4,8,12H,5-7,11H2,1-2H3. The smallest absolute Gasteiger partial charge is 0.274 e. The number of nitrogens with one attached hydrogen (secondary N) is 1. The first-order valence-electron chi connectivity index (χ1n) is 5.29. The Morgan fingerprint density at radius 1 is 1.53 bits per heavy atom. The quantitative estimate of drug-likeness (QED) is 0.743. The SMILES string of the molecule is COCCC(C)NS(=O)(=O)c1ccc(CN)o1. The Labute approximate surface area is 101 Å². The van der Waals surface area contributed by atoms with Crippen LogP contribution in [0.25, 0.3) is 0 Å². The first kappa shape index (κ1) is 14.2. The van der Waals surface area contributed by atoms with E-state index in [0.29, 0.717) is 18.8 Å². The molecule has 0 spiro atoms. The van der Waals surface area contributed by atoms with Crippen LogP contribution in [0.15, 0.2) is 21.6 Å². The minimum Gasteiger partial charge on any atom is -0.447 e. The minimum atomic E-state index is -3.61. The van der Waals surface area contributed by atoms with Crippen LogP contribution in [0.3, 0.4) is 0 Å². The summed E-state index contributed by atoms with van der Waals surface area (Å²) in [5.41, 5.74) is 5.35. The number of ether oxygens (including phenoxy) is 1. The van der Waals surface area contributed by atoms with Crippen LogP contribution in [-0.4, -0.2) is 28.2 Å². The molecule has 1 unspecified atom stereocenters. The van der Waals surface area contributed by atoms with Crippen LogP contribution < -0.4 is 10.5 Å². The third kappa shape index (κ3) is 4.12. The van der Waals surface area contributed by atoms with Crippen LogP contribution in [-0.2, 0) is 21.3 Å². The van der Waals surface area contributed by atoms with Gasteiger partial charge in [-0.2, -0.15) is 0 Å². The molecule has 0 fully saturated rings. The number of sulfonamides is 1. The van der Waals surface area contributed by atoms with Gasteiger partial charge >= 0.3 is 0 Å². The van der Waals surface area contributed by atoms with Crippen molar-refractivity contribution >= 4 is 10.0 Å². The summed E-state index contributed by atoms with van der Waals surface area (Å²) < 4.78 is 36.2. The van der Waals surface area contributed by atoms with Gasteiger partial charge in [0.25, 0.3) is 10.0 Å². The van der Waals surface area contributed by atoms with Crippen LogP contribution >= 0.6 is 0 Å². The van der Waals surface area contributed by atoms with Crippen molar-refractivity contribution in [2.75, 3.05) is 13.7 Å². The summed E-state index contributed by atoms with van der Waals surface area (Å²) in [4.78, 5) is 0. The van der Waals surface area contributed by atoms with E-state index in [4.69, 9.17) is 14.9 Å². The molecule has 98 valence electrons. The highest BCUT2D eigenvalue weighted by Crippen LogP contribution is 2.14. The zero-order valence-corrected chi connectivity index (χ0v) is 10.8. The van der Waals surface area contributed by atoms with Gasteiger partial charge in [0, 0.05) is 19.8 Å². The van der Waals surface area contributed by atoms with Crippen molar-refractivity contribution in [2.24, 2.45) is 5.73 Å². The van der Waals surface area contributed by atoms with Crippen molar-refractivity contribution in [3.63, 3.8) is 0 Å². The molecular formula is C10H18N2O4S. The zero-order chi connectivity index (χ0) is 12.9. The Kier molecular flexibility index (Phi) is 5.13. The fraction of sp³-hybridized carbons (Fsp3) is 0.600. The van der Waals surface area contributed by atoms with Crippen molar-refractivity contribution < 1.29 is 17.6 Å². The maximum atomic E-state index is 11.8. The van der Waals surface area contributed by atoms with Gasteiger partial charge in [0.05, 0.1) is 6.54 Å². The molecule has 0 radical (unpaired) electrons. The Morgan fingerprint density at radius 2 is 2.24 bits per heavy atom. The van der Waals surface area contributed by atoms with E-state index >= 15 is 0 Å². The third-order valence-electron chi connectivity index (χ3n) is 2.21. The molecule has 0 bridgehead atoms. The first-order chi connectivity index (χ1) is 7.99. The predicted molar refractivity (Wildman–Crippen MR) is 62.9 cm³/mol. The first-order valence-corrected chi connectivity index (χ1v) is 6.78. The van der Waals surface area contributed by atoms with Gasteiger partial charge in [-0.3, -0.25) is 0 Å². The summed E-state index contributed by atoms with van der Waals surface area (Å²) in [6, 6.07) is 2.73. The highest BCUT2D eigenvalue weighted by molar-refractivity contribution is 7.89. The minimum absolute atomic E-state index is 0.109. The van der Waals surface area contributed by atoms with E-state index in [1.54, 1.807) is 20.1 Å². The van der Waals surface area contributed by atoms with Gasteiger partial charge < -0.3 is 14.9 Å². The topological polar surface area (TPSA) is 94.6 Å². The Morgan fingerprint density at radius 3 is 2.76 bits per heavy atom. The second-order valence-corrected chi connectivity index (χ2v) is 5.37. The predicted octanol–water partition coefficient (Wildman–Crippen LogP) is 0.442. The largest absolute Gasteiger partial charge is 0.447 e. The highest BCUT2D eigenvalue weighted by atomic mass is 32.2. The lowest BCUT2D eigenvalue weighted by Gasteiger charge is -2.12. The van der Waals surface area contributed by atoms with Gasteiger partial charge in [-0.15, -0.1) is 0 Å². The molecular weight excluding hydrogens is 244 g/mol. The number of methoxy groups -OCH3 is 1. The molecule has 17 heavy (non-hydrogen) atoms. The maximum absolute atomic E-state index is 11.8. The molecule has 3 N–H and O–H groups in total. The fourth-order valence-corrected chi connectivity index (χ4v) is 2.52. The number of rotatable bonds is 7. The lowest BCUT2D eigenvalue weighted by Crippen LogP contribution is -2.33. The van der Waals surface area contributed by atoms with E-state index in [9.17, 15) is 8.42 Å². The molecule has 1 rings (SSSR count). The van der Waals surface area contributed by atoms with Gasteiger partial charge in [-0.05, 0) is 25.5 Å². The second kappa shape index (κ2) is 6.15. The van der Waals surface area contributed by atoms with Gasteiger partial charge in [0.15, 0.2) is 0 Å². The molecule has 1 atom stereocenters. The van der Waals surface area contributed by atoms with Crippen LogP contribution in [0.2, 0.25) is 0 Å². The Bertz CT molecular complexity index is 441. The summed E-state index contributed by atoms with van der Waals surface area (Å²) in [6.07, 6.45) is 0.597. The molecule has 0 aromatic carbocycles. The molecule has 1 aromatic heterocycles. The average molecular weight is 262 g/mol. The summed E-state index contributed by atoms with van der Waals surface area (Å²) in [5.74, 6) is 0.440. The lowest BCUT2D eigenvalue weighted by atomic mass is 10.3. The molecule has 7 heteroatoms. The maximum Gasteiger partial charge on any atom is 0.274 e. The molecule has 1 heterocycles. The van der Waals surface area contributed by atoms with Crippen LogP contribution in [0, 0.1) is 0 Å². The van der Waals surface area contributed by atoms with E-state index in [-0.39, 0.29) is 17.7 Å². The highest BCUT2D eigenvalue weighted by Gasteiger charge is 2.20. The van der Waals surface area contributed by atoms with Crippen molar-refractivity contribution in [1.82, 2.24) is 4.72 Å². The van der Waals surface area contributed by atoms with Gasteiger partial charge in [-0.1, -0.05) is 0 Å². The van der Waals surface area contributed by atoms with Crippen LogP contribution in [0.5, 0.6) is 0 Å². The van der Waals surface area contributed by atoms with Gasteiger partial charge in [0.2, 0.25) is 5.09 Å². The summed E-state index contributed by atoms with van der Waals surface area (Å²) >= 11 is 0. The van der Waals surface area contributed by atoms with E-state index in [0.717, 1.165) is 0 Å². The molecule has 0 amide bonds. The molecule has 0 aliphatic rings. The Balaban J connectivity index is 2.68. The summed E-state index contributed by atoms with van der Waals surface area (Å²) in [6.45, 7) is 2.44. The molecule has 0 aliphatic heterocycles. The van der Waals surface area contributed by atoms with Gasteiger partial charge in [0.1, 0.15) is 5.76 Å². The fourth-order valence-electron chi connectivity index (χ4n) is 1.29. The van der Waals surface area contributed by atoms with E-state index in [1.807, 2.05) is 0 Å². The number of furan rings is 1. The number of hydrogen-bond acceptors (Lipinski definition) is 5. The lowest BCUT2D eigenvalue weighted by molar-refractivity contribution is 0.188. The summed E-state index contributed by atoms with van der Waals surface area (Å²) in [7, 11) is -2.04.